The minimum Gasteiger partial charge on any atom is -0.423 e. The Balaban J connectivity index is 2.74. The molecule has 0 aliphatic rings. The van der Waals surface area contributed by atoms with E-state index in [0.29, 0.717) is 5.89 Å². The van der Waals surface area contributed by atoms with E-state index in [1.807, 2.05) is 0 Å². The molecule has 1 aromatic heterocycles. The molecule has 1 aromatic rings. The van der Waals surface area contributed by atoms with E-state index >= 15 is 0 Å². The molecule has 0 fully saturated rings. The van der Waals surface area contributed by atoms with Crippen molar-refractivity contribution in [1.82, 2.24) is 10.2 Å². The van der Waals surface area contributed by atoms with Crippen molar-refractivity contribution in [2.75, 3.05) is 6.61 Å². The summed E-state index contributed by atoms with van der Waals surface area (Å²) in [6.45, 7) is 1.21. The molecule has 0 spiro atoms. The fraction of sp³-hybridized carbons (Fsp3) is 0.600. The zero-order chi connectivity index (χ0) is 7.56. The van der Waals surface area contributed by atoms with Crippen LogP contribution in [0.3, 0.4) is 0 Å². The van der Waals surface area contributed by atoms with Gasteiger partial charge in [0.1, 0.15) is 0 Å². The number of aliphatic hydroxyl groups excluding tert-OH is 2. The van der Waals surface area contributed by atoms with Gasteiger partial charge >= 0.3 is 0 Å². The third kappa shape index (κ3) is 1.31. The number of aliphatic hydroxyl groups is 2. The van der Waals surface area contributed by atoms with Crippen molar-refractivity contribution < 1.29 is 14.6 Å². The van der Waals surface area contributed by atoms with Gasteiger partial charge in [-0.25, -0.2) is 0 Å². The molecule has 5 nitrogen and oxygen atoms in total. The van der Waals surface area contributed by atoms with Gasteiger partial charge in [0, 0.05) is 6.92 Å². The highest BCUT2D eigenvalue weighted by Gasteiger charge is 2.11. The fourth-order valence-corrected chi connectivity index (χ4v) is 0.525. The van der Waals surface area contributed by atoms with E-state index in [1.165, 1.54) is 0 Å². The third-order valence-electron chi connectivity index (χ3n) is 1.000. The Labute approximate surface area is 57.3 Å². The van der Waals surface area contributed by atoms with Crippen molar-refractivity contribution in [2.24, 2.45) is 0 Å². The van der Waals surface area contributed by atoms with Crippen LogP contribution in [-0.4, -0.2) is 27.0 Å². The van der Waals surface area contributed by atoms with Gasteiger partial charge in [0.2, 0.25) is 11.8 Å². The summed E-state index contributed by atoms with van der Waals surface area (Å²) in [5.74, 6) is 0.433. The van der Waals surface area contributed by atoms with E-state index < -0.39 is 12.7 Å². The molecule has 0 bridgehead atoms. The highest BCUT2D eigenvalue weighted by Crippen LogP contribution is 2.08. The molecule has 0 aliphatic heterocycles. The molecule has 10 heavy (non-hydrogen) atoms. The molecule has 0 aliphatic carbocycles. The normalized spacial score (nSPS) is 13.5. The van der Waals surface area contributed by atoms with Crippen LogP contribution in [0.25, 0.3) is 0 Å². The van der Waals surface area contributed by atoms with Crippen LogP contribution in [0.15, 0.2) is 4.42 Å². The summed E-state index contributed by atoms with van der Waals surface area (Å²) < 4.78 is 4.80. The summed E-state index contributed by atoms with van der Waals surface area (Å²) in [4.78, 5) is 0. The van der Waals surface area contributed by atoms with Crippen LogP contribution in [0.5, 0.6) is 0 Å². The monoisotopic (exact) mass is 144 g/mol. The highest BCUT2D eigenvalue weighted by molar-refractivity contribution is 4.83. The van der Waals surface area contributed by atoms with E-state index in [2.05, 4.69) is 10.2 Å². The SMILES string of the molecule is Cc1nnc([C@@H](O)CO)o1. The van der Waals surface area contributed by atoms with Crippen LogP contribution in [-0.2, 0) is 0 Å². The maximum Gasteiger partial charge on any atom is 0.247 e. The third-order valence-corrected chi connectivity index (χ3v) is 1.000. The topological polar surface area (TPSA) is 79.4 Å². The van der Waals surface area contributed by atoms with Crippen molar-refractivity contribution in [2.45, 2.75) is 13.0 Å². The molecule has 56 valence electrons. The van der Waals surface area contributed by atoms with Gasteiger partial charge < -0.3 is 14.6 Å². The van der Waals surface area contributed by atoms with E-state index in [9.17, 15) is 0 Å². The van der Waals surface area contributed by atoms with Crippen LogP contribution in [0.1, 0.15) is 17.9 Å². The van der Waals surface area contributed by atoms with Crippen LogP contribution < -0.4 is 0 Å². The lowest BCUT2D eigenvalue weighted by molar-refractivity contribution is 0.0724. The Bertz CT molecular complexity index is 210. The highest BCUT2D eigenvalue weighted by atomic mass is 16.4. The predicted molar refractivity (Wildman–Crippen MR) is 31.1 cm³/mol. The lowest BCUT2D eigenvalue weighted by Gasteiger charge is -1.97. The van der Waals surface area contributed by atoms with Gasteiger partial charge in [-0.2, -0.15) is 0 Å². The Morgan fingerprint density at radius 2 is 2.30 bits per heavy atom. The number of rotatable bonds is 2. The maximum absolute atomic E-state index is 8.90. The number of aryl methyl sites for hydroxylation is 1. The molecule has 5 heteroatoms. The number of aromatic nitrogens is 2. The maximum atomic E-state index is 8.90. The molecule has 0 saturated heterocycles. The summed E-state index contributed by atoms with van der Waals surface area (Å²) in [7, 11) is 0. The second kappa shape index (κ2) is 2.76. The van der Waals surface area contributed by atoms with Crippen LogP contribution in [0, 0.1) is 6.92 Å². The Morgan fingerprint density at radius 3 is 2.70 bits per heavy atom. The van der Waals surface area contributed by atoms with Gasteiger partial charge in [-0.15, -0.1) is 10.2 Å². The molecule has 0 unspecified atom stereocenters. The molecule has 0 radical (unpaired) electrons. The van der Waals surface area contributed by atoms with Crippen LogP contribution in [0.2, 0.25) is 0 Å². The van der Waals surface area contributed by atoms with Crippen LogP contribution in [0.4, 0.5) is 0 Å². The van der Waals surface area contributed by atoms with E-state index in [-0.39, 0.29) is 5.89 Å². The molecular weight excluding hydrogens is 136 g/mol. The minimum absolute atomic E-state index is 0.0556. The van der Waals surface area contributed by atoms with Crippen molar-refractivity contribution >= 4 is 0 Å². The molecule has 1 heterocycles. The average Bonchev–Trinajstić information content (AvgIpc) is 2.34. The van der Waals surface area contributed by atoms with Gasteiger partial charge in [0.15, 0.2) is 6.10 Å². The summed E-state index contributed by atoms with van der Waals surface area (Å²) in [5, 5.41) is 24.3. The summed E-state index contributed by atoms with van der Waals surface area (Å²) in [5.41, 5.74) is 0. The van der Waals surface area contributed by atoms with E-state index in [1.54, 1.807) is 6.92 Å². The molecule has 1 atom stereocenters. The molecule has 0 saturated carbocycles. The van der Waals surface area contributed by atoms with E-state index in [4.69, 9.17) is 14.6 Å². The Morgan fingerprint density at radius 1 is 1.60 bits per heavy atom. The second-order valence-electron chi connectivity index (χ2n) is 1.86. The lowest BCUT2D eigenvalue weighted by Crippen LogP contribution is -2.02. The second-order valence-corrected chi connectivity index (χ2v) is 1.86. The zero-order valence-corrected chi connectivity index (χ0v) is 5.48. The summed E-state index contributed by atoms with van der Waals surface area (Å²) in [6, 6.07) is 0. The molecule has 2 N–H and O–H groups in total. The van der Waals surface area contributed by atoms with Gasteiger partial charge in [-0.1, -0.05) is 0 Å². The first-order chi connectivity index (χ1) is 4.74. The van der Waals surface area contributed by atoms with Gasteiger partial charge in [-0.05, 0) is 0 Å². The largest absolute Gasteiger partial charge is 0.423 e. The lowest BCUT2D eigenvalue weighted by atomic mass is 10.4. The van der Waals surface area contributed by atoms with Gasteiger partial charge in [0.25, 0.3) is 0 Å². The van der Waals surface area contributed by atoms with Gasteiger partial charge in [-0.3, -0.25) is 0 Å². The first-order valence-electron chi connectivity index (χ1n) is 2.83. The first kappa shape index (κ1) is 7.17. The molecular formula is C5H8N2O3. The summed E-state index contributed by atoms with van der Waals surface area (Å²) >= 11 is 0. The smallest absolute Gasteiger partial charge is 0.247 e. The van der Waals surface area contributed by atoms with E-state index in [0.717, 1.165) is 0 Å². The standard InChI is InChI=1S/C5H8N2O3/c1-3-6-7-5(10-3)4(9)2-8/h4,8-9H,2H2,1H3/t4-/m0/s1. The summed E-state index contributed by atoms with van der Waals surface area (Å²) in [6.07, 6.45) is -1.05. The van der Waals surface area contributed by atoms with Crippen molar-refractivity contribution in [3.63, 3.8) is 0 Å². The molecule has 1 rings (SSSR count). The quantitative estimate of drug-likeness (QED) is 0.579. The van der Waals surface area contributed by atoms with Crippen molar-refractivity contribution in [3.05, 3.63) is 11.8 Å². The van der Waals surface area contributed by atoms with Crippen molar-refractivity contribution in [3.8, 4) is 0 Å². The first-order valence-corrected chi connectivity index (χ1v) is 2.83. The number of nitrogens with zero attached hydrogens (tertiary/aromatic N) is 2. The van der Waals surface area contributed by atoms with Crippen molar-refractivity contribution in [1.29, 1.82) is 0 Å². The molecule has 0 amide bonds. The Hall–Kier alpha value is -0.940. The number of hydrogen-bond donors (Lipinski definition) is 2. The van der Waals surface area contributed by atoms with Gasteiger partial charge in [0.05, 0.1) is 6.61 Å². The fourth-order valence-electron chi connectivity index (χ4n) is 0.525. The minimum atomic E-state index is -1.05. The Kier molecular flexibility index (Phi) is 1.98. The predicted octanol–water partition coefficient (Wildman–Crippen LogP) is -0.596. The van der Waals surface area contributed by atoms with Crippen LogP contribution >= 0.6 is 0 Å². The molecule has 0 aromatic carbocycles. The number of hydrogen-bond acceptors (Lipinski definition) is 5. The zero-order valence-electron chi connectivity index (χ0n) is 5.48. The average molecular weight is 144 g/mol.